The van der Waals surface area contributed by atoms with Crippen LogP contribution in [0.25, 0.3) is 0 Å². The number of amides is 4. The van der Waals surface area contributed by atoms with Crippen molar-refractivity contribution < 1.29 is 29.0 Å². The summed E-state index contributed by atoms with van der Waals surface area (Å²) in [6, 6.07) is 10.4. The summed E-state index contributed by atoms with van der Waals surface area (Å²) in [6.45, 7) is 3.64. The van der Waals surface area contributed by atoms with E-state index in [1.807, 2.05) is 6.92 Å². The smallest absolute Gasteiger partial charge is 0.254 e. The van der Waals surface area contributed by atoms with Crippen LogP contribution < -0.4 is 20.7 Å². The third-order valence-corrected chi connectivity index (χ3v) is 6.42. The van der Waals surface area contributed by atoms with E-state index in [0.717, 1.165) is 11.1 Å². The molecule has 4 rings (SSSR count). The molecular weight excluding hydrogens is 532 g/mol. The van der Waals surface area contributed by atoms with Crippen LogP contribution in [0.1, 0.15) is 38.8 Å². The lowest BCUT2D eigenvalue weighted by atomic mass is 10.1. The Morgan fingerprint density at radius 2 is 1.90 bits per heavy atom. The second kappa shape index (κ2) is 13.5. The van der Waals surface area contributed by atoms with E-state index >= 15 is 0 Å². The number of ether oxygens (including phenoxy) is 1. The van der Waals surface area contributed by atoms with Crippen LogP contribution in [0.3, 0.4) is 0 Å². The fourth-order valence-electron chi connectivity index (χ4n) is 4.16. The minimum absolute atomic E-state index is 0.00131. The predicted octanol–water partition coefficient (Wildman–Crippen LogP) is -0.724. The summed E-state index contributed by atoms with van der Waals surface area (Å²) >= 11 is 0. The van der Waals surface area contributed by atoms with Crippen molar-refractivity contribution in [2.24, 2.45) is 0 Å². The van der Waals surface area contributed by atoms with E-state index in [1.165, 1.54) is 24.2 Å². The molecule has 1 aliphatic heterocycles. The highest BCUT2D eigenvalue weighted by Gasteiger charge is 2.27. The van der Waals surface area contributed by atoms with Crippen molar-refractivity contribution in [1.82, 2.24) is 41.1 Å². The van der Waals surface area contributed by atoms with E-state index < -0.39 is 35.8 Å². The summed E-state index contributed by atoms with van der Waals surface area (Å²) in [5.74, 6) is -1.57. The molecular formula is C27H32N8O6. The number of hydrogen-bond acceptors (Lipinski definition) is 9. The second-order valence-electron chi connectivity index (χ2n) is 9.59. The molecule has 1 aliphatic rings. The first-order valence-electron chi connectivity index (χ1n) is 13.1. The number of aromatic nitrogens is 4. The number of rotatable bonds is 4. The van der Waals surface area contributed by atoms with Crippen LogP contribution in [0, 0.1) is 6.92 Å². The Morgan fingerprint density at radius 3 is 2.61 bits per heavy atom. The van der Waals surface area contributed by atoms with Gasteiger partial charge >= 0.3 is 0 Å². The van der Waals surface area contributed by atoms with Crippen LogP contribution in [-0.2, 0) is 16.1 Å². The molecule has 0 fully saturated rings. The molecule has 1 aromatic heterocycles. The molecule has 2 heterocycles. The van der Waals surface area contributed by atoms with Crippen molar-refractivity contribution in [3.05, 3.63) is 71.0 Å². The summed E-state index contributed by atoms with van der Waals surface area (Å²) in [5.41, 5.74) is 2.24. The lowest BCUT2D eigenvalue weighted by Gasteiger charge is -2.24. The molecule has 0 aliphatic carbocycles. The molecule has 0 saturated heterocycles. The zero-order valence-electron chi connectivity index (χ0n) is 22.7. The minimum atomic E-state index is -1.25. The largest absolute Gasteiger partial charge is 0.491 e. The van der Waals surface area contributed by atoms with E-state index in [9.17, 15) is 24.3 Å². The van der Waals surface area contributed by atoms with Crippen LogP contribution >= 0.6 is 0 Å². The van der Waals surface area contributed by atoms with Gasteiger partial charge in [0.05, 0.1) is 25.7 Å². The van der Waals surface area contributed by atoms with Gasteiger partial charge in [-0.1, -0.05) is 18.2 Å². The van der Waals surface area contributed by atoms with E-state index in [0.29, 0.717) is 17.9 Å². The molecule has 2 aromatic carbocycles. The van der Waals surface area contributed by atoms with Crippen LogP contribution in [0.5, 0.6) is 5.75 Å². The number of carbonyl (C=O) groups excluding carboxylic acids is 4. The van der Waals surface area contributed by atoms with Gasteiger partial charge in [0.15, 0.2) is 0 Å². The summed E-state index contributed by atoms with van der Waals surface area (Å²) in [5, 5.41) is 29.2. The molecule has 4 N–H and O–H groups in total. The van der Waals surface area contributed by atoms with E-state index in [-0.39, 0.29) is 38.3 Å². The number of benzene rings is 2. The summed E-state index contributed by atoms with van der Waals surface area (Å²) in [4.78, 5) is 53.2. The van der Waals surface area contributed by atoms with Crippen molar-refractivity contribution in [1.29, 1.82) is 0 Å². The van der Waals surface area contributed by atoms with Gasteiger partial charge < -0.3 is 30.7 Å². The van der Waals surface area contributed by atoms with Gasteiger partial charge in [-0.2, -0.15) is 0 Å². The number of nitrogens with zero attached hydrogens (tertiary/aromatic N) is 5. The molecule has 14 nitrogen and oxygen atoms in total. The van der Waals surface area contributed by atoms with Crippen LogP contribution in [0.15, 0.2) is 48.8 Å². The monoisotopic (exact) mass is 564 g/mol. The maximum atomic E-state index is 13.4. The Morgan fingerprint density at radius 1 is 1.12 bits per heavy atom. The Labute approximate surface area is 236 Å². The normalized spacial score (nSPS) is 17.9. The number of aliphatic hydroxyl groups is 1. The Balaban J connectivity index is 1.50. The number of aliphatic hydroxyl groups excluding tert-OH is 1. The Kier molecular flexibility index (Phi) is 9.58. The Bertz CT molecular complexity index is 1380. The molecule has 0 spiro atoms. The molecule has 41 heavy (non-hydrogen) atoms. The fraction of sp³-hybridized carbons (Fsp3) is 0.370. The first-order valence-corrected chi connectivity index (χ1v) is 13.1. The number of hydrogen-bond donors (Lipinski definition) is 4. The molecule has 2 atom stereocenters. The number of fused-ring (bicyclic) bond motifs is 2. The van der Waals surface area contributed by atoms with Gasteiger partial charge in [-0.3, -0.25) is 19.2 Å². The standard InChI is InChI=1S/C27H32N8O6/c1-17-3-6-21-13-22(17)41-12-10-28-23(37)15-34(11-9-29-26(39)24(18(2)36)31-25(21)38)27(40)20-7-4-19(5-8-20)14-35-16-30-32-33-35/h3-8,13,16,18,24,36H,9-12,14-15H2,1-2H3,(H,28,37)(H,29,39)(H,31,38)/t18-,24+/m1/s1. The Hall–Kier alpha value is -4.85. The average molecular weight is 565 g/mol. The SMILES string of the molecule is Cc1ccc2cc1OCCNC(=O)CN(C(=O)c1ccc(Cn3cnnn3)cc1)CCNC(=O)[C@H]([C@@H](C)O)NC2=O. The maximum Gasteiger partial charge on any atom is 0.254 e. The molecule has 3 aromatic rings. The van der Waals surface area contributed by atoms with Crippen molar-refractivity contribution in [3.8, 4) is 5.75 Å². The minimum Gasteiger partial charge on any atom is -0.491 e. The van der Waals surface area contributed by atoms with Gasteiger partial charge in [0.25, 0.3) is 11.8 Å². The highest BCUT2D eigenvalue weighted by atomic mass is 16.5. The van der Waals surface area contributed by atoms with Crippen molar-refractivity contribution >= 4 is 23.6 Å². The zero-order valence-corrected chi connectivity index (χ0v) is 22.7. The molecule has 4 amide bonds. The van der Waals surface area contributed by atoms with Gasteiger partial charge in [-0.15, -0.1) is 5.10 Å². The van der Waals surface area contributed by atoms with E-state index in [2.05, 4.69) is 31.5 Å². The fourth-order valence-corrected chi connectivity index (χ4v) is 4.16. The van der Waals surface area contributed by atoms with Gasteiger partial charge in [0, 0.05) is 24.2 Å². The molecule has 14 heteroatoms. The van der Waals surface area contributed by atoms with Gasteiger partial charge in [-0.25, -0.2) is 4.68 Å². The highest BCUT2D eigenvalue weighted by Crippen LogP contribution is 2.20. The first kappa shape index (κ1) is 29.1. The lowest BCUT2D eigenvalue weighted by molar-refractivity contribution is -0.125. The summed E-state index contributed by atoms with van der Waals surface area (Å²) in [6.07, 6.45) is 0.284. The zero-order chi connectivity index (χ0) is 29.4. The quantitative estimate of drug-likeness (QED) is 0.318. The third-order valence-electron chi connectivity index (χ3n) is 6.42. The van der Waals surface area contributed by atoms with Crippen LogP contribution in [-0.4, -0.2) is 98.8 Å². The average Bonchev–Trinajstić information content (AvgIpc) is 3.46. The number of aryl methyl sites for hydroxylation is 1. The second-order valence-corrected chi connectivity index (χ2v) is 9.59. The number of nitrogens with one attached hydrogen (secondary N) is 3. The number of tetrazole rings is 1. The van der Waals surface area contributed by atoms with Gasteiger partial charge in [0.2, 0.25) is 11.8 Å². The molecule has 0 unspecified atom stereocenters. The molecule has 216 valence electrons. The van der Waals surface area contributed by atoms with Crippen molar-refractivity contribution in [3.63, 3.8) is 0 Å². The van der Waals surface area contributed by atoms with Crippen LogP contribution in [0.4, 0.5) is 0 Å². The highest BCUT2D eigenvalue weighted by molar-refractivity contribution is 5.98. The predicted molar refractivity (Wildman–Crippen MR) is 145 cm³/mol. The van der Waals surface area contributed by atoms with Crippen LogP contribution in [0.2, 0.25) is 0 Å². The summed E-state index contributed by atoms with van der Waals surface area (Å²) in [7, 11) is 0. The molecule has 0 saturated carbocycles. The van der Waals surface area contributed by atoms with E-state index in [4.69, 9.17) is 4.74 Å². The lowest BCUT2D eigenvalue weighted by Crippen LogP contribution is -2.53. The van der Waals surface area contributed by atoms with Gasteiger partial charge in [-0.05, 0) is 59.7 Å². The first-order chi connectivity index (χ1) is 19.7. The molecule has 2 bridgehead atoms. The molecule has 0 radical (unpaired) electrons. The maximum absolute atomic E-state index is 13.4. The van der Waals surface area contributed by atoms with Crippen molar-refractivity contribution in [2.45, 2.75) is 32.5 Å². The topological polar surface area (TPSA) is 181 Å². The van der Waals surface area contributed by atoms with Gasteiger partial charge in [0.1, 0.15) is 24.7 Å². The summed E-state index contributed by atoms with van der Waals surface area (Å²) < 4.78 is 7.31. The number of carbonyl (C=O) groups is 4. The van der Waals surface area contributed by atoms with E-state index in [1.54, 1.807) is 41.1 Å². The third kappa shape index (κ3) is 7.85. The van der Waals surface area contributed by atoms with Crippen molar-refractivity contribution in [2.75, 3.05) is 32.8 Å².